The van der Waals surface area contributed by atoms with E-state index >= 15 is 0 Å². The van der Waals surface area contributed by atoms with Gasteiger partial charge in [-0.15, -0.1) is 12.4 Å². The van der Waals surface area contributed by atoms with Crippen LogP contribution in [0.4, 0.5) is 0 Å². The molecule has 2 saturated carbocycles. The van der Waals surface area contributed by atoms with Crippen LogP contribution in [0.3, 0.4) is 0 Å². The molecule has 2 aliphatic carbocycles. The number of nitrogens with two attached hydrogens (primary N) is 1. The van der Waals surface area contributed by atoms with Crippen molar-refractivity contribution in [1.29, 1.82) is 0 Å². The Bertz CT molecular complexity index is 368. The first-order chi connectivity index (χ1) is 7.78. The van der Waals surface area contributed by atoms with Crippen molar-refractivity contribution in [2.75, 3.05) is 0 Å². The van der Waals surface area contributed by atoms with E-state index in [1.165, 1.54) is 38.5 Å². The van der Waals surface area contributed by atoms with Gasteiger partial charge in [0, 0.05) is 5.92 Å². The van der Waals surface area contributed by atoms with Gasteiger partial charge in [-0.3, -0.25) is 0 Å². The summed E-state index contributed by atoms with van der Waals surface area (Å²) >= 11 is 0. The highest BCUT2D eigenvalue weighted by Gasteiger charge is 2.37. The first-order valence-corrected chi connectivity index (χ1v) is 6.41. The van der Waals surface area contributed by atoms with E-state index in [0.717, 1.165) is 18.7 Å². The average molecular weight is 258 g/mol. The molecule has 5 heteroatoms. The lowest BCUT2D eigenvalue weighted by Crippen LogP contribution is -2.33. The van der Waals surface area contributed by atoms with Crippen LogP contribution in [0.1, 0.15) is 69.0 Å². The van der Waals surface area contributed by atoms with Crippen LogP contribution >= 0.6 is 12.4 Å². The summed E-state index contributed by atoms with van der Waals surface area (Å²) in [6, 6.07) is 0. The Morgan fingerprint density at radius 1 is 1.12 bits per heavy atom. The van der Waals surface area contributed by atoms with Gasteiger partial charge >= 0.3 is 0 Å². The monoisotopic (exact) mass is 257 g/mol. The van der Waals surface area contributed by atoms with Gasteiger partial charge in [-0.25, -0.2) is 0 Å². The van der Waals surface area contributed by atoms with Crippen molar-refractivity contribution in [2.24, 2.45) is 5.73 Å². The SMILES string of the molecule is Cl.NC1(c2nc(C3CCCC3)no2)CCCC1. The molecule has 2 N–H and O–H groups in total. The third-order valence-corrected chi connectivity index (χ3v) is 4.08. The van der Waals surface area contributed by atoms with E-state index in [2.05, 4.69) is 10.1 Å². The molecule has 1 aromatic rings. The molecule has 0 bridgehead atoms. The highest BCUT2D eigenvalue weighted by Crippen LogP contribution is 2.37. The minimum atomic E-state index is -0.330. The second kappa shape index (κ2) is 4.94. The second-order valence-electron chi connectivity index (χ2n) is 5.30. The standard InChI is InChI=1S/C12H19N3O.ClH/c13-12(7-3-4-8-12)11-14-10(15-16-11)9-5-1-2-6-9;/h9H,1-8,13H2;1H. The number of nitrogens with zero attached hydrogens (tertiary/aromatic N) is 2. The maximum atomic E-state index is 6.30. The van der Waals surface area contributed by atoms with Gasteiger partial charge in [0.05, 0.1) is 5.54 Å². The summed E-state index contributed by atoms with van der Waals surface area (Å²) < 4.78 is 5.38. The van der Waals surface area contributed by atoms with Crippen LogP contribution in [0, 0.1) is 0 Å². The van der Waals surface area contributed by atoms with Gasteiger partial charge in [-0.1, -0.05) is 30.8 Å². The first-order valence-electron chi connectivity index (χ1n) is 6.41. The van der Waals surface area contributed by atoms with E-state index in [1.807, 2.05) is 0 Å². The van der Waals surface area contributed by atoms with E-state index in [9.17, 15) is 0 Å². The molecule has 0 atom stereocenters. The van der Waals surface area contributed by atoms with Gasteiger partial charge in [0.15, 0.2) is 5.82 Å². The summed E-state index contributed by atoms with van der Waals surface area (Å²) in [5, 5.41) is 4.12. The van der Waals surface area contributed by atoms with Gasteiger partial charge < -0.3 is 10.3 Å². The van der Waals surface area contributed by atoms with Gasteiger partial charge in [0.25, 0.3) is 0 Å². The first kappa shape index (κ1) is 12.8. The largest absolute Gasteiger partial charge is 0.337 e. The highest BCUT2D eigenvalue weighted by atomic mass is 35.5. The molecule has 3 rings (SSSR count). The molecule has 0 spiro atoms. The van der Waals surface area contributed by atoms with Gasteiger partial charge in [0.1, 0.15) is 0 Å². The molecule has 17 heavy (non-hydrogen) atoms. The van der Waals surface area contributed by atoms with E-state index in [-0.39, 0.29) is 17.9 Å². The molecular weight excluding hydrogens is 238 g/mol. The molecule has 0 saturated heterocycles. The summed E-state index contributed by atoms with van der Waals surface area (Å²) in [6.45, 7) is 0. The molecular formula is C12H20ClN3O. The van der Waals surface area contributed by atoms with Crippen molar-refractivity contribution in [3.63, 3.8) is 0 Å². The topological polar surface area (TPSA) is 64.9 Å². The van der Waals surface area contributed by atoms with Crippen LogP contribution in [0.15, 0.2) is 4.52 Å². The van der Waals surface area contributed by atoms with E-state index in [0.29, 0.717) is 11.8 Å². The zero-order valence-electron chi connectivity index (χ0n) is 10.0. The number of hydrogen-bond donors (Lipinski definition) is 1. The lowest BCUT2D eigenvalue weighted by molar-refractivity contribution is 0.283. The van der Waals surface area contributed by atoms with Crippen LogP contribution in [-0.4, -0.2) is 10.1 Å². The van der Waals surface area contributed by atoms with Crippen LogP contribution in [0.25, 0.3) is 0 Å². The number of rotatable bonds is 2. The molecule has 0 aromatic carbocycles. The zero-order valence-corrected chi connectivity index (χ0v) is 10.8. The van der Waals surface area contributed by atoms with Gasteiger partial charge in [0.2, 0.25) is 5.89 Å². The molecule has 0 unspecified atom stereocenters. The molecule has 2 aliphatic rings. The lowest BCUT2D eigenvalue weighted by Gasteiger charge is -2.17. The third kappa shape index (κ3) is 2.33. The van der Waals surface area contributed by atoms with Crippen molar-refractivity contribution in [3.8, 4) is 0 Å². The summed E-state index contributed by atoms with van der Waals surface area (Å²) in [5.74, 6) is 2.08. The average Bonchev–Trinajstić information content (AvgIpc) is 2.98. The van der Waals surface area contributed by atoms with Gasteiger partial charge in [-0.2, -0.15) is 4.98 Å². The maximum absolute atomic E-state index is 6.30. The Morgan fingerprint density at radius 2 is 1.76 bits per heavy atom. The summed E-state index contributed by atoms with van der Waals surface area (Å²) in [6.07, 6.45) is 9.32. The fraction of sp³-hybridized carbons (Fsp3) is 0.833. The third-order valence-electron chi connectivity index (χ3n) is 4.08. The Labute approximate surface area is 108 Å². The van der Waals surface area contributed by atoms with Crippen molar-refractivity contribution in [1.82, 2.24) is 10.1 Å². The number of aromatic nitrogens is 2. The highest BCUT2D eigenvalue weighted by molar-refractivity contribution is 5.85. The van der Waals surface area contributed by atoms with Crippen LogP contribution < -0.4 is 5.73 Å². The lowest BCUT2D eigenvalue weighted by atomic mass is 9.99. The summed E-state index contributed by atoms with van der Waals surface area (Å²) in [5.41, 5.74) is 5.97. The maximum Gasteiger partial charge on any atom is 0.246 e. The summed E-state index contributed by atoms with van der Waals surface area (Å²) in [7, 11) is 0. The minimum absolute atomic E-state index is 0. The van der Waals surface area contributed by atoms with Gasteiger partial charge in [-0.05, 0) is 25.7 Å². The fourth-order valence-electron chi connectivity index (χ4n) is 3.01. The Morgan fingerprint density at radius 3 is 2.41 bits per heavy atom. The predicted molar refractivity (Wildman–Crippen MR) is 67.1 cm³/mol. The zero-order chi connectivity index (χ0) is 11.0. The van der Waals surface area contributed by atoms with Crippen LogP contribution in [0.2, 0.25) is 0 Å². The molecule has 0 radical (unpaired) electrons. The molecule has 1 aromatic heterocycles. The quantitative estimate of drug-likeness (QED) is 0.885. The molecule has 0 amide bonds. The molecule has 2 fully saturated rings. The molecule has 4 nitrogen and oxygen atoms in total. The fourth-order valence-corrected chi connectivity index (χ4v) is 3.01. The van der Waals surface area contributed by atoms with Crippen molar-refractivity contribution in [2.45, 2.75) is 62.8 Å². The Hall–Kier alpha value is -0.610. The molecule has 96 valence electrons. The van der Waals surface area contributed by atoms with Crippen LogP contribution in [0.5, 0.6) is 0 Å². The predicted octanol–water partition coefficient (Wildman–Crippen LogP) is 2.88. The Balaban J connectivity index is 0.00000108. The minimum Gasteiger partial charge on any atom is -0.337 e. The van der Waals surface area contributed by atoms with E-state index in [1.54, 1.807) is 0 Å². The van der Waals surface area contributed by atoms with Crippen molar-refractivity contribution >= 4 is 12.4 Å². The van der Waals surface area contributed by atoms with Crippen molar-refractivity contribution < 1.29 is 4.52 Å². The molecule has 1 heterocycles. The number of hydrogen-bond acceptors (Lipinski definition) is 4. The normalized spacial score (nSPS) is 23.8. The van der Waals surface area contributed by atoms with E-state index < -0.39 is 0 Å². The Kier molecular flexibility index (Phi) is 3.73. The van der Waals surface area contributed by atoms with Crippen molar-refractivity contribution in [3.05, 3.63) is 11.7 Å². The van der Waals surface area contributed by atoms with E-state index in [4.69, 9.17) is 10.3 Å². The summed E-state index contributed by atoms with van der Waals surface area (Å²) in [4.78, 5) is 4.54. The molecule has 0 aliphatic heterocycles. The second-order valence-corrected chi connectivity index (χ2v) is 5.30. The smallest absolute Gasteiger partial charge is 0.246 e. The number of halogens is 1. The van der Waals surface area contributed by atoms with Crippen LogP contribution in [-0.2, 0) is 5.54 Å².